The van der Waals surface area contributed by atoms with E-state index in [1.807, 2.05) is 85.4 Å². The number of para-hydroxylation sites is 2. The van der Waals surface area contributed by atoms with Gasteiger partial charge in [-0.3, -0.25) is 0 Å². The minimum Gasteiger partial charge on any atom is -0.306 e. The van der Waals surface area contributed by atoms with E-state index in [1.165, 1.54) is 12.1 Å². The van der Waals surface area contributed by atoms with Crippen LogP contribution in [0, 0.1) is 50.4 Å². The van der Waals surface area contributed by atoms with Gasteiger partial charge in [-0.05, 0) is 125 Å². The molecule has 358 valence electrons. The average molecular weight is 981 g/mol. The molecule has 0 fully saturated rings. The van der Waals surface area contributed by atoms with E-state index in [1.54, 1.807) is 53.1 Å². The zero-order valence-corrected chi connectivity index (χ0v) is 40.0. The van der Waals surface area contributed by atoms with Crippen LogP contribution in [0.3, 0.4) is 0 Å². The van der Waals surface area contributed by atoms with Crippen LogP contribution in [0.1, 0.15) is 44.5 Å². The summed E-state index contributed by atoms with van der Waals surface area (Å²) in [5.41, 5.74) is 7.63. The molecule has 13 rings (SSSR count). The van der Waals surface area contributed by atoms with Gasteiger partial charge in [0, 0.05) is 43.1 Å². The fourth-order valence-corrected chi connectivity index (χ4v) is 11.5. The average Bonchev–Trinajstić information content (AvgIpc) is 4.08. The van der Waals surface area contributed by atoms with Gasteiger partial charge in [0.1, 0.15) is 23.3 Å². The molecule has 0 aliphatic carbocycles. The van der Waals surface area contributed by atoms with Crippen LogP contribution in [0.2, 0.25) is 0 Å². The first-order valence-corrected chi connectivity index (χ1v) is 23.8. The molecular weight excluding hydrogens is 943 g/mol. The molecule has 0 aliphatic heterocycles. The van der Waals surface area contributed by atoms with Crippen LogP contribution in [0.5, 0.6) is 0 Å². The molecule has 0 amide bonds. The van der Waals surface area contributed by atoms with Gasteiger partial charge in [-0.1, -0.05) is 82.9 Å². The van der Waals surface area contributed by atoms with Crippen molar-refractivity contribution in [3.05, 3.63) is 202 Å². The maximum atomic E-state index is 14.8. The summed E-state index contributed by atoms with van der Waals surface area (Å²) in [6.07, 6.45) is -9.38. The van der Waals surface area contributed by atoms with Gasteiger partial charge < -0.3 is 18.3 Å². The van der Waals surface area contributed by atoms with Crippen LogP contribution in [0.4, 0.5) is 26.3 Å². The van der Waals surface area contributed by atoms with Gasteiger partial charge in [0.25, 0.3) is 0 Å². The van der Waals surface area contributed by atoms with E-state index in [4.69, 9.17) is 0 Å². The molecule has 0 N–H and O–H groups in total. The summed E-state index contributed by atoms with van der Waals surface area (Å²) in [5.74, 6) is 0. The highest BCUT2D eigenvalue weighted by molar-refractivity contribution is 6.16. The monoisotopic (exact) mass is 980 g/mol. The molecule has 74 heavy (non-hydrogen) atoms. The summed E-state index contributed by atoms with van der Waals surface area (Å²) in [7, 11) is 0. The molecule has 0 saturated carbocycles. The van der Waals surface area contributed by atoms with Gasteiger partial charge in [-0.15, -0.1) is 0 Å². The Labute approximate surface area is 417 Å². The number of benzene rings is 9. The van der Waals surface area contributed by atoms with E-state index >= 15 is 0 Å². The highest BCUT2D eigenvalue weighted by atomic mass is 19.4. The van der Waals surface area contributed by atoms with Crippen LogP contribution in [0.25, 0.3) is 110 Å². The standard InChI is InChI=1S/C62H38F6N6/c1-33-13-19-51-41(25-33)42-26-34(2)14-20-52(42)73(51)59-48(32-70)57(71-49-11-7-5-9-39(49)45-29-37(61(63,64)65)17-23-55(45)71)47(31-69)58(60(59)74-53-21-15-35(3)27-43(53)44-28-36(4)16-22-54(44)74)72-50-12-8-6-10-40(50)46-30-38(62(66,67)68)18-24-56(46)72/h5-30H,1-4H3. The molecule has 0 spiro atoms. The zero-order valence-electron chi connectivity index (χ0n) is 40.0. The van der Waals surface area contributed by atoms with Crippen molar-refractivity contribution in [1.29, 1.82) is 10.5 Å². The summed E-state index contributed by atoms with van der Waals surface area (Å²) in [6.45, 7) is 8.02. The van der Waals surface area contributed by atoms with Gasteiger partial charge in [-0.2, -0.15) is 36.9 Å². The van der Waals surface area contributed by atoms with Gasteiger partial charge >= 0.3 is 12.4 Å². The normalized spacial score (nSPS) is 12.4. The number of nitriles is 2. The summed E-state index contributed by atoms with van der Waals surface area (Å²) in [5, 5.41) is 29.5. The van der Waals surface area contributed by atoms with Gasteiger partial charge in [0.15, 0.2) is 0 Å². The quantitative estimate of drug-likeness (QED) is 0.165. The summed E-state index contributed by atoms with van der Waals surface area (Å²) >= 11 is 0. The number of hydrogen-bond acceptors (Lipinski definition) is 2. The van der Waals surface area contributed by atoms with Gasteiger partial charge in [-0.25, -0.2) is 0 Å². The lowest BCUT2D eigenvalue weighted by atomic mass is 9.98. The molecule has 0 atom stereocenters. The lowest BCUT2D eigenvalue weighted by molar-refractivity contribution is -0.138. The Balaban J connectivity index is 1.38. The molecule has 0 radical (unpaired) electrons. The Morgan fingerprint density at radius 1 is 0.311 bits per heavy atom. The molecule has 0 saturated heterocycles. The number of aromatic nitrogens is 4. The molecule has 0 bridgehead atoms. The van der Waals surface area contributed by atoms with Crippen LogP contribution in [-0.2, 0) is 12.4 Å². The van der Waals surface area contributed by atoms with E-state index in [9.17, 15) is 36.9 Å². The summed E-state index contributed by atoms with van der Waals surface area (Å²) in [4.78, 5) is 0. The number of halogens is 6. The molecule has 6 nitrogen and oxygen atoms in total. The van der Waals surface area contributed by atoms with Crippen molar-refractivity contribution in [3.8, 4) is 34.9 Å². The third kappa shape index (κ3) is 6.31. The largest absolute Gasteiger partial charge is 0.416 e. The molecule has 4 heterocycles. The van der Waals surface area contributed by atoms with Crippen molar-refractivity contribution in [3.63, 3.8) is 0 Å². The Morgan fingerprint density at radius 3 is 0.905 bits per heavy atom. The van der Waals surface area contributed by atoms with Crippen molar-refractivity contribution in [2.45, 2.75) is 40.0 Å². The third-order valence-electron chi connectivity index (χ3n) is 14.7. The van der Waals surface area contributed by atoms with Crippen LogP contribution in [-0.4, -0.2) is 18.3 Å². The Kier molecular flexibility index (Phi) is 9.43. The molecule has 9 aromatic carbocycles. The number of alkyl halides is 6. The fraction of sp³-hybridized carbons (Fsp3) is 0.0968. The lowest BCUT2D eigenvalue weighted by Gasteiger charge is -2.27. The number of rotatable bonds is 4. The Hall–Kier alpha value is -9.26. The second-order valence-electron chi connectivity index (χ2n) is 19.3. The molecule has 0 unspecified atom stereocenters. The van der Waals surface area contributed by atoms with Crippen molar-refractivity contribution in [2.24, 2.45) is 0 Å². The van der Waals surface area contributed by atoms with Gasteiger partial charge in [0.05, 0.1) is 78.0 Å². The second kappa shape index (κ2) is 15.6. The van der Waals surface area contributed by atoms with Crippen molar-refractivity contribution in [1.82, 2.24) is 18.3 Å². The van der Waals surface area contributed by atoms with Crippen LogP contribution < -0.4 is 0 Å². The molecular formula is C62H38F6N6. The first kappa shape index (κ1) is 44.7. The Bertz CT molecular complexity index is 4600. The molecule has 4 aromatic heterocycles. The van der Waals surface area contributed by atoms with E-state index in [0.29, 0.717) is 44.2 Å². The van der Waals surface area contributed by atoms with Crippen LogP contribution in [0.15, 0.2) is 158 Å². The molecule has 13 aromatic rings. The van der Waals surface area contributed by atoms with Crippen molar-refractivity contribution in [2.75, 3.05) is 0 Å². The Morgan fingerprint density at radius 2 is 0.581 bits per heavy atom. The fourth-order valence-electron chi connectivity index (χ4n) is 11.5. The van der Waals surface area contributed by atoms with E-state index in [-0.39, 0.29) is 33.3 Å². The lowest BCUT2D eigenvalue weighted by Crippen LogP contribution is -2.17. The third-order valence-corrected chi connectivity index (χ3v) is 14.7. The van der Waals surface area contributed by atoms with E-state index in [2.05, 4.69) is 41.0 Å². The highest BCUT2D eigenvalue weighted by Gasteiger charge is 2.37. The number of hydrogen-bond donors (Lipinski definition) is 0. The maximum Gasteiger partial charge on any atom is 0.416 e. The summed E-state index contributed by atoms with van der Waals surface area (Å²) < 4.78 is 95.8. The van der Waals surface area contributed by atoms with Crippen molar-refractivity contribution < 1.29 is 26.3 Å². The predicted molar refractivity (Wildman–Crippen MR) is 282 cm³/mol. The molecule has 0 aliphatic rings. The predicted octanol–water partition coefficient (Wildman–Crippen LogP) is 17.1. The molecule has 12 heteroatoms. The number of fused-ring (bicyclic) bond motifs is 12. The second-order valence-corrected chi connectivity index (χ2v) is 19.3. The van der Waals surface area contributed by atoms with Crippen molar-refractivity contribution >= 4 is 87.2 Å². The van der Waals surface area contributed by atoms with E-state index in [0.717, 1.165) is 90.1 Å². The highest BCUT2D eigenvalue weighted by Crippen LogP contribution is 2.50. The number of nitrogens with zero attached hydrogens (tertiary/aromatic N) is 6. The van der Waals surface area contributed by atoms with E-state index < -0.39 is 23.5 Å². The zero-order chi connectivity index (χ0) is 51.3. The van der Waals surface area contributed by atoms with Gasteiger partial charge in [0.2, 0.25) is 0 Å². The first-order chi connectivity index (χ1) is 35.5. The number of aryl methyl sites for hydroxylation is 4. The smallest absolute Gasteiger partial charge is 0.306 e. The van der Waals surface area contributed by atoms with Crippen LogP contribution >= 0.6 is 0 Å². The first-order valence-electron chi connectivity index (χ1n) is 23.8. The topological polar surface area (TPSA) is 67.3 Å². The maximum absolute atomic E-state index is 14.8. The minimum atomic E-state index is -4.69. The SMILES string of the molecule is Cc1ccc2c(c1)c1cc(C)ccc1n2-c1c(C#N)c(-n2c3ccccc3c3cc(C(F)(F)F)ccc32)c(C#N)c(-n2c3ccccc3c3cc(C(F)(F)F)ccc32)c1-n1c2ccc(C)cc2c2cc(C)ccc21. The summed E-state index contributed by atoms with van der Waals surface area (Å²) in [6, 6.07) is 50.6. The minimum absolute atomic E-state index is 0.0251.